The average molecular weight is 172 g/mol. The predicted molar refractivity (Wildman–Crippen MR) is 32.7 cm³/mol. The minimum absolute atomic E-state index is 0.709. The monoisotopic (exact) mass is 172 g/mol. The second-order valence-electron chi connectivity index (χ2n) is 3.14. The number of hydrogen-bond donors (Lipinski definition) is 2. The van der Waals surface area contributed by atoms with Crippen molar-refractivity contribution in [2.24, 2.45) is 5.41 Å². The molecule has 0 spiro atoms. The highest BCUT2D eigenvalue weighted by Crippen LogP contribution is 2.44. The maximum absolute atomic E-state index is 12.0. The quantitative estimate of drug-likeness (QED) is 0.585. The van der Waals surface area contributed by atoms with Gasteiger partial charge in [-0.15, -0.1) is 0 Å². The Hall–Kier alpha value is -0.290. The van der Waals surface area contributed by atoms with Gasteiger partial charge in [-0.05, 0) is 20.8 Å². The molecule has 0 radical (unpaired) electrons. The molecule has 0 aliphatic rings. The number of halogens is 3. The molecule has 0 amide bonds. The first-order valence-electron chi connectivity index (χ1n) is 3.01. The second kappa shape index (κ2) is 2.35. The van der Waals surface area contributed by atoms with E-state index in [0.29, 0.717) is 6.92 Å². The van der Waals surface area contributed by atoms with Crippen LogP contribution in [-0.2, 0) is 0 Å². The van der Waals surface area contributed by atoms with Crippen LogP contribution in [0, 0.1) is 5.41 Å². The fourth-order valence-corrected chi connectivity index (χ4v) is 0.269. The summed E-state index contributed by atoms with van der Waals surface area (Å²) in [6, 6.07) is 0. The molecular weight excluding hydrogens is 161 g/mol. The van der Waals surface area contributed by atoms with Crippen molar-refractivity contribution in [3.05, 3.63) is 0 Å². The Morgan fingerprint density at radius 3 is 1.18 bits per heavy atom. The molecule has 2 nitrogen and oxygen atoms in total. The zero-order valence-electron chi connectivity index (χ0n) is 6.53. The summed E-state index contributed by atoms with van der Waals surface area (Å²) in [6.07, 6.45) is -4.62. The molecule has 0 unspecified atom stereocenters. The lowest BCUT2D eigenvalue weighted by Crippen LogP contribution is -2.51. The van der Waals surface area contributed by atoms with E-state index in [1.807, 2.05) is 0 Å². The molecule has 0 fully saturated rings. The highest BCUT2D eigenvalue weighted by Gasteiger charge is 2.57. The average Bonchev–Trinajstić information content (AvgIpc) is 1.58. The summed E-state index contributed by atoms with van der Waals surface area (Å²) in [7, 11) is 0. The van der Waals surface area contributed by atoms with Gasteiger partial charge >= 0.3 is 6.18 Å². The van der Waals surface area contributed by atoms with E-state index in [-0.39, 0.29) is 0 Å². The summed E-state index contributed by atoms with van der Waals surface area (Å²) < 4.78 is 36.0. The van der Waals surface area contributed by atoms with Gasteiger partial charge in [0.05, 0.1) is 0 Å². The van der Waals surface area contributed by atoms with Crippen LogP contribution in [-0.4, -0.2) is 22.2 Å². The van der Waals surface area contributed by atoms with Crippen LogP contribution < -0.4 is 0 Å². The highest BCUT2D eigenvalue weighted by atomic mass is 19.4. The first kappa shape index (κ1) is 10.7. The molecular formula is C6H11F3O2. The first-order valence-corrected chi connectivity index (χ1v) is 3.01. The molecule has 0 heterocycles. The molecule has 68 valence electrons. The Bertz CT molecular complexity index is 127. The minimum Gasteiger partial charge on any atom is -0.365 e. The van der Waals surface area contributed by atoms with Crippen molar-refractivity contribution in [2.45, 2.75) is 32.7 Å². The number of hydrogen-bond acceptors (Lipinski definition) is 2. The topological polar surface area (TPSA) is 40.5 Å². The molecule has 5 heteroatoms. The van der Waals surface area contributed by atoms with Gasteiger partial charge < -0.3 is 10.2 Å². The Kier molecular flexibility index (Phi) is 2.29. The largest absolute Gasteiger partial charge is 0.399 e. The van der Waals surface area contributed by atoms with Gasteiger partial charge in [0.25, 0.3) is 0 Å². The van der Waals surface area contributed by atoms with Gasteiger partial charge in [0, 0.05) is 0 Å². The summed E-state index contributed by atoms with van der Waals surface area (Å²) in [5.41, 5.74) is -2.51. The van der Waals surface area contributed by atoms with Crippen molar-refractivity contribution in [3.63, 3.8) is 0 Å². The zero-order chi connectivity index (χ0) is 9.50. The number of aliphatic hydroxyl groups is 2. The fourth-order valence-electron chi connectivity index (χ4n) is 0.269. The summed E-state index contributed by atoms with van der Waals surface area (Å²) in [5.74, 6) is -2.74. The van der Waals surface area contributed by atoms with E-state index in [1.165, 1.54) is 0 Å². The molecule has 0 aromatic rings. The van der Waals surface area contributed by atoms with Crippen LogP contribution in [0.25, 0.3) is 0 Å². The Balaban J connectivity index is 4.75. The third-order valence-corrected chi connectivity index (χ3v) is 1.89. The van der Waals surface area contributed by atoms with Gasteiger partial charge in [-0.25, -0.2) is 0 Å². The molecule has 0 aliphatic carbocycles. The van der Waals surface area contributed by atoms with Gasteiger partial charge in [-0.1, -0.05) is 0 Å². The van der Waals surface area contributed by atoms with E-state index in [1.54, 1.807) is 0 Å². The van der Waals surface area contributed by atoms with Crippen LogP contribution in [0.5, 0.6) is 0 Å². The SMILES string of the molecule is CC(O)(O)C(C)(C)C(F)(F)F. The maximum atomic E-state index is 12.0. The Morgan fingerprint density at radius 2 is 1.18 bits per heavy atom. The zero-order valence-corrected chi connectivity index (χ0v) is 6.53. The third kappa shape index (κ3) is 1.84. The normalized spacial score (nSPS) is 15.3. The van der Waals surface area contributed by atoms with Gasteiger partial charge in [0.1, 0.15) is 5.41 Å². The van der Waals surface area contributed by atoms with Crippen molar-refractivity contribution < 1.29 is 23.4 Å². The smallest absolute Gasteiger partial charge is 0.365 e. The fraction of sp³-hybridized carbons (Fsp3) is 1.00. The molecule has 2 N–H and O–H groups in total. The van der Waals surface area contributed by atoms with Crippen LogP contribution in [0.3, 0.4) is 0 Å². The van der Waals surface area contributed by atoms with Crippen LogP contribution in [0.2, 0.25) is 0 Å². The molecule has 0 aromatic carbocycles. The molecule has 0 saturated heterocycles. The molecule has 0 rings (SSSR count). The van der Waals surface area contributed by atoms with Crippen molar-refractivity contribution in [1.29, 1.82) is 0 Å². The second-order valence-corrected chi connectivity index (χ2v) is 3.14. The van der Waals surface area contributed by atoms with Crippen molar-refractivity contribution in [1.82, 2.24) is 0 Å². The lowest BCUT2D eigenvalue weighted by molar-refractivity contribution is -0.327. The van der Waals surface area contributed by atoms with Crippen molar-refractivity contribution in [2.75, 3.05) is 0 Å². The van der Waals surface area contributed by atoms with E-state index >= 15 is 0 Å². The third-order valence-electron chi connectivity index (χ3n) is 1.89. The summed E-state index contributed by atoms with van der Waals surface area (Å²) >= 11 is 0. The predicted octanol–water partition coefficient (Wildman–Crippen LogP) is 1.28. The molecule has 0 atom stereocenters. The Morgan fingerprint density at radius 1 is 0.909 bits per heavy atom. The van der Waals surface area contributed by atoms with Crippen LogP contribution in [0.15, 0.2) is 0 Å². The summed E-state index contributed by atoms with van der Waals surface area (Å²) in [4.78, 5) is 0. The molecule has 11 heavy (non-hydrogen) atoms. The highest BCUT2D eigenvalue weighted by molar-refractivity contribution is 4.86. The molecule has 0 bridgehead atoms. The van der Waals surface area contributed by atoms with Crippen LogP contribution in [0.1, 0.15) is 20.8 Å². The van der Waals surface area contributed by atoms with E-state index in [0.717, 1.165) is 13.8 Å². The molecule has 0 aromatic heterocycles. The van der Waals surface area contributed by atoms with Crippen molar-refractivity contribution >= 4 is 0 Å². The minimum atomic E-state index is -4.62. The van der Waals surface area contributed by atoms with Gasteiger partial charge in [0.2, 0.25) is 0 Å². The first-order chi connectivity index (χ1) is 4.50. The lowest BCUT2D eigenvalue weighted by atomic mass is 9.84. The summed E-state index contributed by atoms with van der Waals surface area (Å²) in [5, 5.41) is 17.4. The summed E-state index contributed by atoms with van der Waals surface area (Å²) in [6.45, 7) is 2.17. The van der Waals surface area contributed by atoms with Crippen molar-refractivity contribution in [3.8, 4) is 0 Å². The van der Waals surface area contributed by atoms with E-state index < -0.39 is 17.4 Å². The van der Waals surface area contributed by atoms with E-state index in [9.17, 15) is 13.2 Å². The van der Waals surface area contributed by atoms with Gasteiger partial charge in [-0.2, -0.15) is 13.2 Å². The number of rotatable bonds is 1. The standard InChI is InChI=1S/C6H11F3O2/c1-4(2,5(3,10)11)6(7,8)9/h10-11H,1-3H3. The van der Waals surface area contributed by atoms with Crippen LogP contribution >= 0.6 is 0 Å². The molecule has 0 aliphatic heterocycles. The van der Waals surface area contributed by atoms with E-state index in [2.05, 4.69) is 0 Å². The maximum Gasteiger partial charge on any atom is 0.399 e. The van der Waals surface area contributed by atoms with E-state index in [4.69, 9.17) is 10.2 Å². The molecule has 0 saturated carbocycles. The Labute approximate surface area is 62.6 Å². The van der Waals surface area contributed by atoms with Gasteiger partial charge in [-0.3, -0.25) is 0 Å². The number of alkyl halides is 3. The van der Waals surface area contributed by atoms with Crippen LogP contribution in [0.4, 0.5) is 13.2 Å². The van der Waals surface area contributed by atoms with Gasteiger partial charge in [0.15, 0.2) is 5.79 Å². The lowest BCUT2D eigenvalue weighted by Gasteiger charge is -2.36.